The highest BCUT2D eigenvalue weighted by atomic mass is 32.2. The number of hydrogen-bond donors (Lipinski definition) is 1. The summed E-state index contributed by atoms with van der Waals surface area (Å²) in [5, 5.41) is 8.81. The monoisotopic (exact) mass is 423 g/mol. The van der Waals surface area contributed by atoms with Crippen LogP contribution in [0.1, 0.15) is 23.1 Å². The standard InChI is InChI=1S/C22H25N5O2S/c1-16-8-9-19(12-17(16)2)27-15-24-25-22(27)30-14-21(29)26(11-10-20(23)28)13-18-6-4-3-5-7-18/h3-9,12,15H,10-11,13-14H2,1-2H3,(H2,23,28). The Morgan fingerprint density at radius 3 is 2.57 bits per heavy atom. The van der Waals surface area contributed by atoms with E-state index in [9.17, 15) is 9.59 Å². The van der Waals surface area contributed by atoms with Crippen molar-refractivity contribution in [3.8, 4) is 5.69 Å². The summed E-state index contributed by atoms with van der Waals surface area (Å²) in [5.74, 6) is -0.322. The van der Waals surface area contributed by atoms with Crippen LogP contribution < -0.4 is 5.73 Å². The van der Waals surface area contributed by atoms with Crippen molar-refractivity contribution >= 4 is 23.6 Å². The van der Waals surface area contributed by atoms with Crippen LogP contribution in [0, 0.1) is 13.8 Å². The molecule has 0 fully saturated rings. The summed E-state index contributed by atoms with van der Waals surface area (Å²) in [7, 11) is 0. The van der Waals surface area contributed by atoms with Crippen LogP contribution in [0.25, 0.3) is 5.69 Å². The first-order chi connectivity index (χ1) is 14.4. The molecule has 3 rings (SSSR count). The molecule has 0 unspecified atom stereocenters. The summed E-state index contributed by atoms with van der Waals surface area (Å²) in [4.78, 5) is 25.8. The van der Waals surface area contributed by atoms with Crippen LogP contribution in [0.4, 0.5) is 0 Å². The molecule has 1 heterocycles. The maximum Gasteiger partial charge on any atom is 0.233 e. The van der Waals surface area contributed by atoms with Crippen molar-refractivity contribution in [1.82, 2.24) is 19.7 Å². The third-order valence-corrected chi connectivity index (χ3v) is 5.73. The molecule has 7 nitrogen and oxygen atoms in total. The van der Waals surface area contributed by atoms with Gasteiger partial charge >= 0.3 is 0 Å². The van der Waals surface area contributed by atoms with Crippen LogP contribution in [0.3, 0.4) is 0 Å². The largest absolute Gasteiger partial charge is 0.370 e. The van der Waals surface area contributed by atoms with E-state index in [2.05, 4.69) is 36.2 Å². The van der Waals surface area contributed by atoms with Gasteiger partial charge in [-0.1, -0.05) is 48.2 Å². The normalized spacial score (nSPS) is 10.7. The highest BCUT2D eigenvalue weighted by molar-refractivity contribution is 7.99. The van der Waals surface area contributed by atoms with E-state index in [1.165, 1.54) is 22.9 Å². The molecule has 156 valence electrons. The second-order valence-corrected chi connectivity index (χ2v) is 8.00. The van der Waals surface area contributed by atoms with Gasteiger partial charge in [-0.2, -0.15) is 0 Å². The molecule has 0 saturated heterocycles. The molecule has 2 aromatic carbocycles. The Kier molecular flexibility index (Phi) is 7.24. The summed E-state index contributed by atoms with van der Waals surface area (Å²) in [6, 6.07) is 15.8. The van der Waals surface area contributed by atoms with Crippen LogP contribution in [0.5, 0.6) is 0 Å². The quantitative estimate of drug-likeness (QED) is 0.534. The number of hydrogen-bond acceptors (Lipinski definition) is 5. The maximum atomic E-state index is 12.9. The molecule has 2 N–H and O–H groups in total. The first kappa shape index (κ1) is 21.6. The maximum absolute atomic E-state index is 12.9. The predicted molar refractivity (Wildman–Crippen MR) is 117 cm³/mol. The van der Waals surface area contributed by atoms with Crippen LogP contribution in [-0.4, -0.2) is 43.8 Å². The summed E-state index contributed by atoms with van der Waals surface area (Å²) in [6.45, 7) is 4.83. The molecule has 0 saturated carbocycles. The van der Waals surface area contributed by atoms with Crippen molar-refractivity contribution in [1.29, 1.82) is 0 Å². The lowest BCUT2D eigenvalue weighted by molar-refractivity contribution is -0.129. The second-order valence-electron chi connectivity index (χ2n) is 7.06. The Labute approximate surface area is 180 Å². The van der Waals surface area contributed by atoms with E-state index in [4.69, 9.17) is 5.73 Å². The molecular formula is C22H25N5O2S. The smallest absolute Gasteiger partial charge is 0.233 e. The van der Waals surface area contributed by atoms with Crippen LogP contribution in [0.2, 0.25) is 0 Å². The van der Waals surface area contributed by atoms with Crippen molar-refractivity contribution in [3.63, 3.8) is 0 Å². The molecule has 0 bridgehead atoms. The SMILES string of the molecule is Cc1ccc(-n2cnnc2SCC(=O)N(CCC(N)=O)Cc2ccccc2)cc1C. The molecule has 0 aliphatic heterocycles. The Morgan fingerprint density at radius 2 is 1.87 bits per heavy atom. The van der Waals surface area contributed by atoms with Gasteiger partial charge in [-0.15, -0.1) is 10.2 Å². The van der Waals surface area contributed by atoms with E-state index in [1.54, 1.807) is 11.2 Å². The number of rotatable bonds is 9. The minimum absolute atomic E-state index is 0.0836. The van der Waals surface area contributed by atoms with Gasteiger partial charge in [0.25, 0.3) is 0 Å². The average Bonchev–Trinajstić information content (AvgIpc) is 3.20. The molecule has 0 radical (unpaired) electrons. The topological polar surface area (TPSA) is 94.1 Å². The first-order valence-corrected chi connectivity index (χ1v) is 10.6. The van der Waals surface area contributed by atoms with E-state index >= 15 is 0 Å². The summed E-state index contributed by atoms with van der Waals surface area (Å²) >= 11 is 1.32. The van der Waals surface area contributed by atoms with Crippen LogP contribution in [0.15, 0.2) is 60.0 Å². The highest BCUT2D eigenvalue weighted by Gasteiger charge is 2.17. The number of nitrogens with two attached hydrogens (primary N) is 1. The molecule has 0 atom stereocenters. The number of aromatic nitrogens is 3. The average molecular weight is 424 g/mol. The first-order valence-electron chi connectivity index (χ1n) is 9.64. The second kappa shape index (κ2) is 10.1. The lowest BCUT2D eigenvalue weighted by Crippen LogP contribution is -2.34. The number of carbonyl (C=O) groups excluding carboxylic acids is 2. The highest BCUT2D eigenvalue weighted by Crippen LogP contribution is 2.22. The predicted octanol–water partition coefficient (Wildman–Crippen LogP) is 2.88. The van der Waals surface area contributed by atoms with Crippen LogP contribution >= 0.6 is 11.8 Å². The number of nitrogens with zero attached hydrogens (tertiary/aromatic N) is 4. The fourth-order valence-electron chi connectivity index (χ4n) is 2.93. The fourth-order valence-corrected chi connectivity index (χ4v) is 3.77. The molecule has 30 heavy (non-hydrogen) atoms. The van der Waals surface area contributed by atoms with Crippen molar-refractivity contribution in [2.45, 2.75) is 32.0 Å². The zero-order chi connectivity index (χ0) is 21.5. The van der Waals surface area contributed by atoms with E-state index in [1.807, 2.05) is 41.0 Å². The molecule has 1 aromatic heterocycles. The molecule has 0 aliphatic carbocycles. The lowest BCUT2D eigenvalue weighted by Gasteiger charge is -2.22. The van der Waals surface area contributed by atoms with Crippen LogP contribution in [-0.2, 0) is 16.1 Å². The van der Waals surface area contributed by atoms with Gasteiger partial charge in [-0.05, 0) is 42.7 Å². The molecule has 8 heteroatoms. The van der Waals surface area contributed by atoms with Gasteiger partial charge in [0.15, 0.2) is 5.16 Å². The van der Waals surface area contributed by atoms with Gasteiger partial charge in [-0.3, -0.25) is 14.2 Å². The number of amides is 2. The summed E-state index contributed by atoms with van der Waals surface area (Å²) in [5.41, 5.74) is 9.62. The Morgan fingerprint density at radius 1 is 1.10 bits per heavy atom. The minimum atomic E-state index is -0.428. The molecule has 3 aromatic rings. The number of aryl methyl sites for hydroxylation is 2. The molecule has 2 amide bonds. The van der Waals surface area contributed by atoms with E-state index in [-0.39, 0.29) is 24.6 Å². The van der Waals surface area contributed by atoms with E-state index in [0.717, 1.165) is 11.3 Å². The van der Waals surface area contributed by atoms with Gasteiger partial charge < -0.3 is 10.6 Å². The van der Waals surface area contributed by atoms with Crippen molar-refractivity contribution in [2.24, 2.45) is 5.73 Å². The van der Waals surface area contributed by atoms with E-state index < -0.39 is 5.91 Å². The summed E-state index contributed by atoms with van der Waals surface area (Å²) in [6.07, 6.45) is 1.77. The third kappa shape index (κ3) is 5.70. The Balaban J connectivity index is 1.70. The molecule has 0 spiro atoms. The molecular weight excluding hydrogens is 398 g/mol. The van der Waals surface area contributed by atoms with Gasteiger partial charge in [0.1, 0.15) is 6.33 Å². The summed E-state index contributed by atoms with van der Waals surface area (Å²) < 4.78 is 1.87. The van der Waals surface area contributed by atoms with Gasteiger partial charge in [0, 0.05) is 25.2 Å². The van der Waals surface area contributed by atoms with E-state index in [0.29, 0.717) is 11.7 Å². The van der Waals surface area contributed by atoms with Gasteiger partial charge in [0.2, 0.25) is 11.8 Å². The van der Waals surface area contributed by atoms with Crippen molar-refractivity contribution < 1.29 is 9.59 Å². The van der Waals surface area contributed by atoms with Crippen molar-refractivity contribution in [2.75, 3.05) is 12.3 Å². The van der Waals surface area contributed by atoms with Crippen molar-refractivity contribution in [3.05, 3.63) is 71.5 Å². The Bertz CT molecular complexity index is 1020. The molecule has 0 aliphatic rings. The van der Waals surface area contributed by atoms with Gasteiger partial charge in [0.05, 0.1) is 5.75 Å². The number of thioether (sulfide) groups is 1. The number of carbonyl (C=O) groups is 2. The number of benzene rings is 2. The number of primary amides is 1. The Hall–Kier alpha value is -3.13. The van der Waals surface area contributed by atoms with Gasteiger partial charge in [-0.25, -0.2) is 0 Å². The zero-order valence-electron chi connectivity index (χ0n) is 17.1. The fraction of sp³-hybridized carbons (Fsp3) is 0.273. The zero-order valence-corrected chi connectivity index (χ0v) is 17.9. The lowest BCUT2D eigenvalue weighted by atomic mass is 10.1. The minimum Gasteiger partial charge on any atom is -0.370 e. The third-order valence-electron chi connectivity index (χ3n) is 4.81.